The van der Waals surface area contributed by atoms with Crippen LogP contribution in [0.1, 0.15) is 15.9 Å². The maximum Gasteiger partial charge on any atom is 0.416 e. The number of carbonyl (C=O) groups excluding carboxylic acids is 1. The molecule has 0 aliphatic carbocycles. The second kappa shape index (κ2) is 5.35. The highest BCUT2D eigenvalue weighted by molar-refractivity contribution is 6.06. The van der Waals surface area contributed by atoms with Crippen LogP contribution in [-0.4, -0.2) is 16.1 Å². The van der Waals surface area contributed by atoms with Gasteiger partial charge in [-0.1, -0.05) is 12.1 Å². The van der Waals surface area contributed by atoms with Crippen molar-refractivity contribution in [2.75, 3.05) is 5.32 Å². The first-order valence-electron chi connectivity index (χ1n) is 5.78. The third kappa shape index (κ3) is 3.44. The summed E-state index contributed by atoms with van der Waals surface area (Å²) >= 11 is 0. The van der Waals surface area contributed by atoms with Crippen molar-refractivity contribution in [2.45, 2.75) is 6.18 Å². The summed E-state index contributed by atoms with van der Waals surface area (Å²) in [7, 11) is 0. The quantitative estimate of drug-likeness (QED) is 0.796. The monoisotopic (exact) mass is 297 g/mol. The third-order valence-corrected chi connectivity index (χ3v) is 2.65. The Morgan fingerprint density at radius 1 is 1.05 bits per heavy atom. The van der Waals surface area contributed by atoms with Gasteiger partial charge in [-0.05, 0) is 24.3 Å². The molecule has 0 bridgehead atoms. The number of carbonyl (C=O) groups is 1. The van der Waals surface area contributed by atoms with Gasteiger partial charge in [-0.15, -0.1) is 0 Å². The van der Waals surface area contributed by atoms with E-state index in [0.29, 0.717) is 12.1 Å². The molecule has 0 unspecified atom stereocenters. The smallest absolute Gasteiger partial charge is 0.416 e. The van der Waals surface area contributed by atoms with Crippen LogP contribution in [0.3, 0.4) is 0 Å². The highest BCUT2D eigenvalue weighted by Gasteiger charge is 2.31. The van der Waals surface area contributed by atoms with Crippen LogP contribution >= 0.6 is 0 Å². The summed E-state index contributed by atoms with van der Waals surface area (Å²) in [6.07, 6.45) is -4.65. The van der Waals surface area contributed by atoms with Crippen LogP contribution in [0.2, 0.25) is 0 Å². The number of benzene rings is 2. The number of halogens is 3. The predicted molar refractivity (Wildman–Crippen MR) is 69.2 cm³/mol. The van der Waals surface area contributed by atoms with Gasteiger partial charge in [0.1, 0.15) is 11.5 Å². The Labute approximate surface area is 117 Å². The minimum absolute atomic E-state index is 0.0885. The molecule has 0 atom stereocenters. The fraction of sp³-hybridized carbons (Fsp3) is 0.0714. The van der Waals surface area contributed by atoms with Gasteiger partial charge in [0.2, 0.25) is 0 Å². The van der Waals surface area contributed by atoms with E-state index in [1.54, 1.807) is 0 Å². The topological polar surface area (TPSA) is 69.6 Å². The lowest BCUT2D eigenvalue weighted by atomic mass is 10.1. The van der Waals surface area contributed by atoms with Crippen molar-refractivity contribution >= 4 is 11.6 Å². The SMILES string of the molecule is O=C(Nc1cc(O)cc(C(F)(F)F)c1)c1ccccc1O. The summed E-state index contributed by atoms with van der Waals surface area (Å²) in [5.41, 5.74) is -1.40. The van der Waals surface area contributed by atoms with E-state index in [1.165, 1.54) is 24.3 Å². The molecule has 0 aliphatic rings. The van der Waals surface area contributed by atoms with E-state index in [2.05, 4.69) is 5.32 Å². The molecule has 1 amide bonds. The standard InChI is InChI=1S/C14H10F3NO3/c15-14(16,17)8-5-9(7-10(19)6-8)18-13(21)11-3-1-2-4-12(11)20/h1-7,19-20H,(H,18,21). The first kappa shape index (κ1) is 14.7. The number of phenolic OH excluding ortho intramolecular Hbond substituents is 2. The van der Waals surface area contributed by atoms with Crippen LogP contribution in [0, 0.1) is 0 Å². The molecule has 4 nitrogen and oxygen atoms in total. The number of hydrogen-bond acceptors (Lipinski definition) is 3. The van der Waals surface area contributed by atoms with Gasteiger partial charge in [-0.25, -0.2) is 0 Å². The van der Waals surface area contributed by atoms with Gasteiger partial charge < -0.3 is 15.5 Å². The van der Waals surface area contributed by atoms with Gasteiger partial charge >= 0.3 is 6.18 Å². The second-order valence-electron chi connectivity index (χ2n) is 4.24. The van der Waals surface area contributed by atoms with Gasteiger partial charge in [0.15, 0.2) is 0 Å². The fourth-order valence-corrected chi connectivity index (χ4v) is 1.71. The first-order chi connectivity index (χ1) is 9.77. The molecule has 110 valence electrons. The lowest BCUT2D eigenvalue weighted by Gasteiger charge is -2.11. The van der Waals surface area contributed by atoms with E-state index in [-0.39, 0.29) is 17.0 Å². The molecule has 0 fully saturated rings. The zero-order valence-corrected chi connectivity index (χ0v) is 10.5. The number of alkyl halides is 3. The van der Waals surface area contributed by atoms with E-state index < -0.39 is 23.4 Å². The Morgan fingerprint density at radius 3 is 2.33 bits per heavy atom. The van der Waals surface area contributed by atoms with E-state index >= 15 is 0 Å². The average Bonchev–Trinajstić information content (AvgIpc) is 2.37. The molecule has 0 heterocycles. The zero-order valence-electron chi connectivity index (χ0n) is 10.5. The molecule has 2 aromatic carbocycles. The van der Waals surface area contributed by atoms with Crippen LogP contribution < -0.4 is 5.32 Å². The summed E-state index contributed by atoms with van der Waals surface area (Å²) < 4.78 is 37.8. The fourth-order valence-electron chi connectivity index (χ4n) is 1.71. The molecule has 0 saturated heterocycles. The Hall–Kier alpha value is -2.70. The molecule has 7 heteroatoms. The van der Waals surface area contributed by atoms with Crippen molar-refractivity contribution in [2.24, 2.45) is 0 Å². The second-order valence-corrected chi connectivity index (χ2v) is 4.24. The van der Waals surface area contributed by atoms with E-state index in [0.717, 1.165) is 6.07 Å². The maximum absolute atomic E-state index is 12.6. The lowest BCUT2D eigenvalue weighted by molar-refractivity contribution is -0.137. The molecule has 0 radical (unpaired) electrons. The van der Waals surface area contributed by atoms with Gasteiger partial charge in [-0.3, -0.25) is 4.79 Å². The van der Waals surface area contributed by atoms with Crippen molar-refractivity contribution in [3.8, 4) is 11.5 Å². The number of rotatable bonds is 2. The number of phenols is 2. The summed E-state index contributed by atoms with van der Waals surface area (Å²) in [4.78, 5) is 11.9. The molecule has 3 N–H and O–H groups in total. The Balaban J connectivity index is 2.30. The number of anilines is 1. The van der Waals surface area contributed by atoms with Crippen LogP contribution in [0.5, 0.6) is 11.5 Å². The number of nitrogens with one attached hydrogen (secondary N) is 1. The summed E-state index contributed by atoms with van der Waals surface area (Å²) in [5, 5.41) is 21.0. The lowest BCUT2D eigenvalue weighted by Crippen LogP contribution is -2.13. The van der Waals surface area contributed by atoms with Gasteiger partial charge in [0.25, 0.3) is 5.91 Å². The molecule has 0 aromatic heterocycles. The van der Waals surface area contributed by atoms with Gasteiger partial charge in [0, 0.05) is 11.8 Å². The highest BCUT2D eigenvalue weighted by Crippen LogP contribution is 2.34. The molecule has 2 aromatic rings. The molecular weight excluding hydrogens is 287 g/mol. The summed E-state index contributed by atoms with van der Waals surface area (Å²) in [5.74, 6) is -1.71. The number of para-hydroxylation sites is 1. The van der Waals surface area contributed by atoms with E-state index in [9.17, 15) is 28.2 Å². The number of aromatic hydroxyl groups is 2. The largest absolute Gasteiger partial charge is 0.508 e. The van der Waals surface area contributed by atoms with Crippen molar-refractivity contribution < 1.29 is 28.2 Å². The molecule has 0 spiro atoms. The van der Waals surface area contributed by atoms with Crippen molar-refractivity contribution in [1.29, 1.82) is 0 Å². The van der Waals surface area contributed by atoms with Crippen LogP contribution in [0.25, 0.3) is 0 Å². The van der Waals surface area contributed by atoms with Crippen molar-refractivity contribution in [3.63, 3.8) is 0 Å². The normalized spacial score (nSPS) is 11.2. The predicted octanol–water partition coefficient (Wildman–Crippen LogP) is 3.37. The first-order valence-corrected chi connectivity index (χ1v) is 5.78. The molecule has 2 rings (SSSR count). The Morgan fingerprint density at radius 2 is 1.71 bits per heavy atom. The van der Waals surface area contributed by atoms with Crippen LogP contribution in [-0.2, 0) is 6.18 Å². The Bertz CT molecular complexity index is 683. The molecular formula is C14H10F3NO3. The average molecular weight is 297 g/mol. The van der Waals surface area contributed by atoms with Crippen molar-refractivity contribution in [3.05, 3.63) is 53.6 Å². The molecule has 0 saturated carbocycles. The van der Waals surface area contributed by atoms with Crippen molar-refractivity contribution in [1.82, 2.24) is 0 Å². The number of hydrogen-bond donors (Lipinski definition) is 3. The minimum Gasteiger partial charge on any atom is -0.508 e. The highest BCUT2D eigenvalue weighted by atomic mass is 19.4. The van der Waals surface area contributed by atoms with Crippen LogP contribution in [0.15, 0.2) is 42.5 Å². The van der Waals surface area contributed by atoms with Gasteiger partial charge in [0.05, 0.1) is 11.1 Å². The van der Waals surface area contributed by atoms with Gasteiger partial charge in [-0.2, -0.15) is 13.2 Å². The molecule has 21 heavy (non-hydrogen) atoms. The minimum atomic E-state index is -4.65. The zero-order chi connectivity index (χ0) is 15.6. The van der Waals surface area contributed by atoms with E-state index in [4.69, 9.17) is 0 Å². The maximum atomic E-state index is 12.6. The summed E-state index contributed by atoms with van der Waals surface area (Å²) in [6, 6.07) is 7.82. The Kier molecular flexibility index (Phi) is 3.75. The summed E-state index contributed by atoms with van der Waals surface area (Å²) in [6.45, 7) is 0. The van der Waals surface area contributed by atoms with E-state index in [1.807, 2.05) is 0 Å². The molecule has 0 aliphatic heterocycles. The third-order valence-electron chi connectivity index (χ3n) is 2.65. The number of amides is 1. The van der Waals surface area contributed by atoms with Crippen LogP contribution in [0.4, 0.5) is 18.9 Å².